The van der Waals surface area contributed by atoms with E-state index in [1.54, 1.807) is 18.3 Å². The van der Waals surface area contributed by atoms with Crippen LogP contribution in [0.1, 0.15) is 26.2 Å². The minimum absolute atomic E-state index is 0.107. The van der Waals surface area contributed by atoms with E-state index in [1.807, 2.05) is 11.8 Å². The Hall–Kier alpha value is -1.97. The maximum absolute atomic E-state index is 13.1. The number of H-pyrrole nitrogens is 1. The molecule has 4 heterocycles. The quantitative estimate of drug-likeness (QED) is 0.808. The van der Waals surface area contributed by atoms with Crippen LogP contribution in [0.3, 0.4) is 0 Å². The fraction of sp³-hybridized carbons (Fsp3) is 0.556. The van der Waals surface area contributed by atoms with Gasteiger partial charge in [-0.1, -0.05) is 6.92 Å². The zero-order chi connectivity index (χ0) is 19.1. The van der Waals surface area contributed by atoms with Crippen molar-refractivity contribution in [1.29, 1.82) is 0 Å². The second kappa shape index (κ2) is 6.88. The summed E-state index contributed by atoms with van der Waals surface area (Å²) in [6, 6.07) is 3.48. The van der Waals surface area contributed by atoms with Gasteiger partial charge in [0.2, 0.25) is 15.9 Å². The lowest BCUT2D eigenvalue weighted by atomic mass is 9.92. The Balaban J connectivity index is 1.49. The molecule has 2 fully saturated rings. The lowest BCUT2D eigenvalue weighted by Crippen LogP contribution is -2.59. The lowest BCUT2D eigenvalue weighted by molar-refractivity contribution is -0.139. The maximum atomic E-state index is 13.1. The largest absolute Gasteiger partial charge is 0.345 e. The predicted octanol–water partition coefficient (Wildman–Crippen LogP) is 0.928. The Morgan fingerprint density at radius 3 is 2.74 bits per heavy atom. The summed E-state index contributed by atoms with van der Waals surface area (Å²) in [5.41, 5.74) is 0.0888. The molecule has 1 unspecified atom stereocenters. The fourth-order valence-corrected chi connectivity index (χ4v) is 5.73. The van der Waals surface area contributed by atoms with E-state index < -0.39 is 15.6 Å². The lowest BCUT2D eigenvalue weighted by Gasteiger charge is -2.39. The number of aromatic nitrogens is 2. The number of pyridine rings is 1. The molecule has 2 aromatic heterocycles. The van der Waals surface area contributed by atoms with E-state index in [2.05, 4.69) is 15.3 Å². The molecule has 2 aliphatic rings. The third-order valence-corrected chi connectivity index (χ3v) is 7.75. The smallest absolute Gasteiger partial charge is 0.245 e. The van der Waals surface area contributed by atoms with Gasteiger partial charge in [-0.2, -0.15) is 4.31 Å². The van der Waals surface area contributed by atoms with E-state index in [0.29, 0.717) is 37.2 Å². The summed E-state index contributed by atoms with van der Waals surface area (Å²) in [4.78, 5) is 22.1. The van der Waals surface area contributed by atoms with Crippen molar-refractivity contribution >= 4 is 27.0 Å². The van der Waals surface area contributed by atoms with Crippen molar-refractivity contribution < 1.29 is 13.2 Å². The van der Waals surface area contributed by atoms with Gasteiger partial charge in [0, 0.05) is 44.0 Å². The number of hydrogen-bond donors (Lipinski definition) is 2. The highest BCUT2D eigenvalue weighted by Crippen LogP contribution is 2.28. The van der Waals surface area contributed by atoms with Crippen molar-refractivity contribution in [3.8, 4) is 0 Å². The zero-order valence-corrected chi connectivity index (χ0v) is 16.3. The van der Waals surface area contributed by atoms with Gasteiger partial charge in [0.25, 0.3) is 0 Å². The fourth-order valence-electron chi connectivity index (χ4n) is 4.16. The van der Waals surface area contributed by atoms with Crippen LogP contribution in [0, 0.1) is 0 Å². The van der Waals surface area contributed by atoms with Gasteiger partial charge in [-0.15, -0.1) is 0 Å². The summed E-state index contributed by atoms with van der Waals surface area (Å²) in [5.74, 6) is 0.107. The first kappa shape index (κ1) is 18.4. The Morgan fingerprint density at radius 2 is 2.07 bits per heavy atom. The predicted molar refractivity (Wildman–Crippen MR) is 102 cm³/mol. The van der Waals surface area contributed by atoms with E-state index >= 15 is 0 Å². The molecule has 2 aromatic rings. The number of aromatic amines is 1. The highest BCUT2D eigenvalue weighted by atomic mass is 32.2. The van der Waals surface area contributed by atoms with Crippen molar-refractivity contribution in [3.63, 3.8) is 0 Å². The molecule has 1 atom stereocenters. The van der Waals surface area contributed by atoms with Crippen LogP contribution < -0.4 is 5.32 Å². The molecule has 0 radical (unpaired) electrons. The Labute approximate surface area is 159 Å². The van der Waals surface area contributed by atoms with Crippen molar-refractivity contribution in [3.05, 3.63) is 24.5 Å². The molecule has 2 aliphatic heterocycles. The first-order chi connectivity index (χ1) is 13.0. The van der Waals surface area contributed by atoms with Gasteiger partial charge in [0.15, 0.2) is 0 Å². The number of hydrogen-bond acceptors (Lipinski definition) is 5. The number of sulfonamides is 1. The summed E-state index contributed by atoms with van der Waals surface area (Å²) in [6.07, 6.45) is 5.73. The number of carbonyl (C=O) groups excluding carboxylic acids is 1. The van der Waals surface area contributed by atoms with E-state index in [4.69, 9.17) is 0 Å². The van der Waals surface area contributed by atoms with Crippen molar-refractivity contribution in [1.82, 2.24) is 24.5 Å². The number of rotatable bonds is 4. The monoisotopic (exact) mass is 391 g/mol. The van der Waals surface area contributed by atoms with Crippen molar-refractivity contribution in [2.45, 2.75) is 36.6 Å². The summed E-state index contributed by atoms with van der Waals surface area (Å²) >= 11 is 0. The molecular weight excluding hydrogens is 366 g/mol. The molecule has 8 nitrogen and oxygen atoms in total. The molecular formula is C18H25N5O3S. The van der Waals surface area contributed by atoms with Crippen LogP contribution in [0.15, 0.2) is 29.4 Å². The van der Waals surface area contributed by atoms with Crippen LogP contribution in [0.4, 0.5) is 0 Å². The molecule has 0 aromatic carbocycles. The number of piperazine rings is 1. The van der Waals surface area contributed by atoms with E-state index in [-0.39, 0.29) is 10.8 Å². The topological polar surface area (TPSA) is 98.4 Å². The van der Waals surface area contributed by atoms with Crippen molar-refractivity contribution in [2.24, 2.45) is 0 Å². The Bertz CT molecular complexity index is 941. The third kappa shape index (κ3) is 3.03. The summed E-state index contributed by atoms with van der Waals surface area (Å²) < 4.78 is 27.6. The molecule has 27 heavy (non-hydrogen) atoms. The van der Waals surface area contributed by atoms with Crippen molar-refractivity contribution in [2.75, 3.05) is 32.7 Å². The number of carbonyl (C=O) groups is 1. The first-order valence-electron chi connectivity index (χ1n) is 9.44. The normalized spacial score (nSPS) is 24.6. The molecule has 2 N–H and O–H groups in total. The SMILES string of the molecule is CCC1(C(=O)N2CCN(S(=O)(=O)c3c[nH]c4ncccc34)CC2)CCCN1. The van der Waals surface area contributed by atoms with E-state index in [9.17, 15) is 13.2 Å². The second-order valence-corrected chi connectivity index (χ2v) is 9.12. The molecule has 0 spiro atoms. The highest BCUT2D eigenvalue weighted by Gasteiger charge is 2.43. The highest BCUT2D eigenvalue weighted by molar-refractivity contribution is 7.89. The molecule has 2 saturated heterocycles. The van der Waals surface area contributed by atoms with Crippen LogP contribution in [0.25, 0.3) is 11.0 Å². The number of fused-ring (bicyclic) bond motifs is 1. The summed E-state index contributed by atoms with van der Waals surface area (Å²) in [7, 11) is -3.63. The molecule has 0 saturated carbocycles. The number of amides is 1. The van der Waals surface area contributed by atoms with Gasteiger partial charge in [0.1, 0.15) is 10.5 Å². The standard InChI is InChI=1S/C18H25N5O3S/c1-2-18(6-4-8-21-18)17(24)22-9-11-23(12-10-22)27(25,26)15-13-20-16-14(15)5-3-7-19-16/h3,5,7,13,21H,2,4,6,8-12H2,1H3,(H,19,20). The number of nitrogens with one attached hydrogen (secondary N) is 2. The average Bonchev–Trinajstić information content (AvgIpc) is 3.35. The zero-order valence-electron chi connectivity index (χ0n) is 15.4. The van der Waals surface area contributed by atoms with Crippen LogP contribution in [0.5, 0.6) is 0 Å². The maximum Gasteiger partial charge on any atom is 0.245 e. The second-order valence-electron chi connectivity index (χ2n) is 7.21. The first-order valence-corrected chi connectivity index (χ1v) is 10.9. The Kier molecular flexibility index (Phi) is 4.69. The molecule has 1 amide bonds. The van der Waals surface area contributed by atoms with Gasteiger partial charge in [-0.25, -0.2) is 13.4 Å². The molecule has 9 heteroatoms. The van der Waals surface area contributed by atoms with Gasteiger partial charge >= 0.3 is 0 Å². The van der Waals surface area contributed by atoms with Crippen LogP contribution >= 0.6 is 0 Å². The molecule has 0 aliphatic carbocycles. The third-order valence-electron chi connectivity index (χ3n) is 5.81. The summed E-state index contributed by atoms with van der Waals surface area (Å²) in [5, 5.41) is 3.96. The molecule has 4 rings (SSSR count). The van der Waals surface area contributed by atoms with E-state index in [0.717, 1.165) is 25.8 Å². The average molecular weight is 391 g/mol. The van der Waals surface area contributed by atoms with Gasteiger partial charge < -0.3 is 15.2 Å². The van der Waals surface area contributed by atoms with Gasteiger partial charge in [0.05, 0.1) is 5.54 Å². The van der Waals surface area contributed by atoms with Crippen LogP contribution in [-0.4, -0.2) is 71.8 Å². The van der Waals surface area contributed by atoms with Gasteiger partial charge in [-0.05, 0) is 37.9 Å². The van der Waals surface area contributed by atoms with Crippen LogP contribution in [0.2, 0.25) is 0 Å². The minimum Gasteiger partial charge on any atom is -0.345 e. The molecule has 0 bridgehead atoms. The van der Waals surface area contributed by atoms with Gasteiger partial charge in [-0.3, -0.25) is 4.79 Å². The molecule has 146 valence electrons. The number of nitrogens with zero attached hydrogens (tertiary/aromatic N) is 3. The Morgan fingerprint density at radius 1 is 1.30 bits per heavy atom. The summed E-state index contributed by atoms with van der Waals surface area (Å²) in [6.45, 7) is 4.34. The van der Waals surface area contributed by atoms with E-state index in [1.165, 1.54) is 10.5 Å². The van der Waals surface area contributed by atoms with Crippen LogP contribution in [-0.2, 0) is 14.8 Å². The minimum atomic E-state index is -3.63.